The van der Waals surface area contributed by atoms with Crippen LogP contribution in [0.4, 0.5) is 0 Å². The fourth-order valence-electron chi connectivity index (χ4n) is 3.97. The lowest BCUT2D eigenvalue weighted by molar-refractivity contribution is -0.139. The third-order valence-electron chi connectivity index (χ3n) is 5.42. The Morgan fingerprint density at radius 2 is 1.72 bits per heavy atom. The number of nitrogens with zero attached hydrogens (tertiary/aromatic N) is 3. The molecule has 2 amide bonds. The summed E-state index contributed by atoms with van der Waals surface area (Å²) in [4.78, 5) is 32.2. The van der Waals surface area contributed by atoms with E-state index in [1.54, 1.807) is 4.90 Å². The normalized spacial score (nSPS) is 16.8. The Hall–Kier alpha value is -2.90. The number of fused-ring (bicyclic) bond motifs is 1. The van der Waals surface area contributed by atoms with Crippen LogP contribution < -0.4 is 10.1 Å². The number of carbonyl (C=O) groups excluding carboxylic acids is 2. The first-order valence-electron chi connectivity index (χ1n) is 11.0. The average Bonchev–Trinajstić information content (AvgIpc) is 2.92. The van der Waals surface area contributed by atoms with E-state index in [2.05, 4.69) is 10.2 Å². The van der Waals surface area contributed by atoms with Crippen LogP contribution in [0.2, 0.25) is 0 Å². The molecule has 0 spiro atoms. The number of carbonyl (C=O) groups is 2. The molecule has 172 valence electrons. The van der Waals surface area contributed by atoms with Gasteiger partial charge in [0.05, 0.1) is 12.6 Å². The molecular formula is C25H34N4O3. The standard InChI is InChI=1S/C25H34N4O3/c1-27(2)16-21-18-32-23-13-9-8-12-20(23)15-29(21)25(31)22(26-24(30)17-28(3)4)14-19-10-6-5-7-11-19/h5-13,21-22H,14-18H2,1-4H3,(H,26,30)/t21-,22+/m1/s1. The third kappa shape index (κ3) is 6.55. The number of para-hydroxylation sites is 1. The molecule has 0 saturated carbocycles. The number of hydrogen-bond donors (Lipinski definition) is 1. The molecule has 0 fully saturated rings. The molecule has 2 aromatic rings. The molecule has 2 atom stereocenters. The van der Waals surface area contributed by atoms with Gasteiger partial charge in [0.25, 0.3) is 0 Å². The summed E-state index contributed by atoms with van der Waals surface area (Å²) in [6, 6.07) is 16.9. The molecule has 32 heavy (non-hydrogen) atoms. The molecule has 1 aliphatic heterocycles. The quantitative estimate of drug-likeness (QED) is 0.679. The van der Waals surface area contributed by atoms with Crippen molar-refractivity contribution < 1.29 is 14.3 Å². The second-order valence-electron chi connectivity index (χ2n) is 8.85. The summed E-state index contributed by atoms with van der Waals surface area (Å²) in [6.07, 6.45) is 0.437. The highest BCUT2D eigenvalue weighted by atomic mass is 16.5. The molecular weight excluding hydrogens is 404 g/mol. The van der Waals surface area contributed by atoms with E-state index in [4.69, 9.17) is 4.74 Å². The van der Waals surface area contributed by atoms with Gasteiger partial charge in [-0.15, -0.1) is 0 Å². The topological polar surface area (TPSA) is 65.1 Å². The number of likely N-dealkylation sites (N-methyl/N-ethyl adjacent to an activating group) is 2. The molecule has 1 heterocycles. The Kier molecular flexibility index (Phi) is 8.25. The van der Waals surface area contributed by atoms with Gasteiger partial charge in [-0.25, -0.2) is 0 Å². The van der Waals surface area contributed by atoms with Gasteiger partial charge in [0, 0.05) is 25.1 Å². The number of rotatable bonds is 8. The van der Waals surface area contributed by atoms with Crippen molar-refractivity contribution in [2.45, 2.75) is 25.0 Å². The van der Waals surface area contributed by atoms with Crippen molar-refractivity contribution in [1.29, 1.82) is 0 Å². The third-order valence-corrected chi connectivity index (χ3v) is 5.42. The van der Waals surface area contributed by atoms with Gasteiger partial charge in [-0.05, 0) is 39.8 Å². The van der Waals surface area contributed by atoms with Crippen LogP contribution in [0.3, 0.4) is 0 Å². The molecule has 0 saturated heterocycles. The van der Waals surface area contributed by atoms with Crippen LogP contribution in [0, 0.1) is 0 Å². The fourth-order valence-corrected chi connectivity index (χ4v) is 3.97. The maximum atomic E-state index is 13.9. The first-order chi connectivity index (χ1) is 15.3. The fraction of sp³-hybridized carbons (Fsp3) is 0.440. The molecule has 0 radical (unpaired) electrons. The largest absolute Gasteiger partial charge is 0.491 e. The number of nitrogens with one attached hydrogen (secondary N) is 1. The van der Waals surface area contributed by atoms with Crippen LogP contribution >= 0.6 is 0 Å². The summed E-state index contributed by atoms with van der Waals surface area (Å²) in [5.41, 5.74) is 1.98. The van der Waals surface area contributed by atoms with Crippen molar-refractivity contribution in [1.82, 2.24) is 20.0 Å². The van der Waals surface area contributed by atoms with E-state index < -0.39 is 6.04 Å². The van der Waals surface area contributed by atoms with Crippen LogP contribution in [-0.2, 0) is 22.6 Å². The van der Waals surface area contributed by atoms with Crippen molar-refractivity contribution in [2.24, 2.45) is 0 Å². The maximum absolute atomic E-state index is 13.9. The highest BCUT2D eigenvalue weighted by Gasteiger charge is 2.34. The Balaban J connectivity index is 1.89. The zero-order valence-corrected chi connectivity index (χ0v) is 19.5. The Labute approximate surface area is 190 Å². The van der Waals surface area contributed by atoms with Gasteiger partial charge in [0.15, 0.2) is 0 Å². The lowest BCUT2D eigenvalue weighted by Gasteiger charge is -2.34. The summed E-state index contributed by atoms with van der Waals surface area (Å²) in [5.74, 6) is 0.552. The molecule has 2 aromatic carbocycles. The highest BCUT2D eigenvalue weighted by Crippen LogP contribution is 2.26. The van der Waals surface area contributed by atoms with Gasteiger partial charge in [-0.1, -0.05) is 48.5 Å². The summed E-state index contributed by atoms with van der Waals surface area (Å²) >= 11 is 0. The van der Waals surface area contributed by atoms with E-state index in [0.29, 0.717) is 26.1 Å². The minimum absolute atomic E-state index is 0.0897. The van der Waals surface area contributed by atoms with E-state index >= 15 is 0 Å². The van der Waals surface area contributed by atoms with Gasteiger partial charge >= 0.3 is 0 Å². The van der Waals surface area contributed by atoms with Crippen molar-refractivity contribution in [3.63, 3.8) is 0 Å². The number of hydrogen-bond acceptors (Lipinski definition) is 5. The van der Waals surface area contributed by atoms with Crippen molar-refractivity contribution in [2.75, 3.05) is 47.9 Å². The predicted molar refractivity (Wildman–Crippen MR) is 125 cm³/mol. The van der Waals surface area contributed by atoms with Crippen LogP contribution in [0.15, 0.2) is 54.6 Å². The van der Waals surface area contributed by atoms with E-state index in [9.17, 15) is 9.59 Å². The summed E-state index contributed by atoms with van der Waals surface area (Å²) in [6.45, 7) is 1.75. The summed E-state index contributed by atoms with van der Waals surface area (Å²) in [5, 5.41) is 2.99. The predicted octanol–water partition coefficient (Wildman–Crippen LogP) is 1.63. The molecule has 0 bridgehead atoms. The Bertz CT molecular complexity index is 901. The van der Waals surface area contributed by atoms with Crippen LogP contribution in [0.25, 0.3) is 0 Å². The van der Waals surface area contributed by atoms with Gasteiger partial charge in [0.2, 0.25) is 11.8 Å². The first kappa shape index (κ1) is 23.8. The maximum Gasteiger partial charge on any atom is 0.246 e. The number of amides is 2. The summed E-state index contributed by atoms with van der Waals surface area (Å²) in [7, 11) is 7.65. The van der Waals surface area contributed by atoms with Crippen LogP contribution in [0.5, 0.6) is 5.75 Å². The monoisotopic (exact) mass is 438 g/mol. The van der Waals surface area contributed by atoms with Crippen LogP contribution in [-0.4, -0.2) is 86.5 Å². The lowest BCUT2D eigenvalue weighted by atomic mass is 10.0. The molecule has 1 aliphatic rings. The Morgan fingerprint density at radius 1 is 1.03 bits per heavy atom. The molecule has 7 heteroatoms. The van der Waals surface area contributed by atoms with E-state index in [1.807, 2.05) is 87.7 Å². The Morgan fingerprint density at radius 3 is 2.41 bits per heavy atom. The summed E-state index contributed by atoms with van der Waals surface area (Å²) < 4.78 is 6.06. The second-order valence-corrected chi connectivity index (χ2v) is 8.85. The van der Waals surface area contributed by atoms with E-state index in [0.717, 1.165) is 16.9 Å². The minimum atomic E-state index is -0.653. The van der Waals surface area contributed by atoms with Gasteiger partial charge < -0.3 is 24.8 Å². The van der Waals surface area contributed by atoms with E-state index in [-0.39, 0.29) is 24.4 Å². The molecule has 0 aliphatic carbocycles. The highest BCUT2D eigenvalue weighted by molar-refractivity contribution is 5.89. The zero-order valence-electron chi connectivity index (χ0n) is 19.5. The molecule has 7 nitrogen and oxygen atoms in total. The van der Waals surface area contributed by atoms with Crippen molar-refractivity contribution in [3.05, 3.63) is 65.7 Å². The van der Waals surface area contributed by atoms with Gasteiger partial charge in [0.1, 0.15) is 18.4 Å². The molecule has 0 unspecified atom stereocenters. The zero-order chi connectivity index (χ0) is 23.1. The molecule has 1 N–H and O–H groups in total. The van der Waals surface area contributed by atoms with Crippen molar-refractivity contribution >= 4 is 11.8 Å². The minimum Gasteiger partial charge on any atom is -0.491 e. The van der Waals surface area contributed by atoms with Gasteiger partial charge in [-0.3, -0.25) is 9.59 Å². The first-order valence-corrected chi connectivity index (χ1v) is 11.0. The second kappa shape index (κ2) is 11.1. The smallest absolute Gasteiger partial charge is 0.246 e. The number of benzene rings is 2. The SMILES string of the molecule is CN(C)CC(=O)N[C@@H](Cc1ccccc1)C(=O)N1Cc2ccccc2OC[C@H]1CN(C)C. The van der Waals surface area contributed by atoms with Crippen LogP contribution in [0.1, 0.15) is 11.1 Å². The lowest BCUT2D eigenvalue weighted by Crippen LogP contribution is -2.56. The van der Waals surface area contributed by atoms with Crippen molar-refractivity contribution in [3.8, 4) is 5.75 Å². The molecule has 0 aromatic heterocycles. The number of ether oxygens (including phenoxy) is 1. The van der Waals surface area contributed by atoms with E-state index in [1.165, 1.54) is 0 Å². The molecule has 3 rings (SSSR count). The average molecular weight is 439 g/mol. The van der Waals surface area contributed by atoms with Gasteiger partial charge in [-0.2, -0.15) is 0 Å².